The Morgan fingerprint density at radius 2 is 1.96 bits per heavy atom. The molecule has 0 spiro atoms. The van der Waals surface area contributed by atoms with E-state index in [1.165, 1.54) is 4.90 Å². The second kappa shape index (κ2) is 7.15. The summed E-state index contributed by atoms with van der Waals surface area (Å²) in [6, 6.07) is 6.55. The Bertz CT molecular complexity index is 813. The van der Waals surface area contributed by atoms with E-state index >= 15 is 0 Å². The van der Waals surface area contributed by atoms with Gasteiger partial charge in [0.05, 0.1) is 17.5 Å². The smallest absolute Gasteiger partial charge is 0.326 e. The van der Waals surface area contributed by atoms with Gasteiger partial charge in [0, 0.05) is 6.54 Å². The zero-order valence-electron chi connectivity index (χ0n) is 15.0. The summed E-state index contributed by atoms with van der Waals surface area (Å²) in [4.78, 5) is 25.4. The summed E-state index contributed by atoms with van der Waals surface area (Å²) in [6.07, 6.45) is 1.22. The largest absolute Gasteiger partial charge is 0.491 e. The number of ether oxygens (including phenoxy) is 1. The maximum absolute atomic E-state index is 12.7. The number of carboxylic acid groups (broad SMARTS) is 1. The van der Waals surface area contributed by atoms with Crippen molar-refractivity contribution in [3.05, 3.63) is 35.7 Å². The van der Waals surface area contributed by atoms with Crippen molar-refractivity contribution >= 4 is 11.9 Å². The summed E-state index contributed by atoms with van der Waals surface area (Å²) in [6.45, 7) is 6.08. The number of aromatic nitrogens is 3. The Labute approximate surface area is 151 Å². The van der Waals surface area contributed by atoms with Gasteiger partial charge in [-0.2, -0.15) is 0 Å². The monoisotopic (exact) mass is 358 g/mol. The molecular formula is C18H22N4O4. The third-order valence-corrected chi connectivity index (χ3v) is 4.35. The SMILES string of the molecule is Cc1c(C(=O)N2CCC[C@H]2C(=O)O)nnn1-c1ccc(OC(C)C)cc1. The average Bonchev–Trinajstić information content (AvgIpc) is 3.21. The number of carbonyl (C=O) groups excluding carboxylic acids is 1. The van der Waals surface area contributed by atoms with Gasteiger partial charge in [-0.1, -0.05) is 5.21 Å². The minimum Gasteiger partial charge on any atom is -0.491 e. The lowest BCUT2D eigenvalue weighted by molar-refractivity contribution is -0.141. The van der Waals surface area contributed by atoms with Crippen LogP contribution in [0.2, 0.25) is 0 Å². The summed E-state index contributed by atoms with van der Waals surface area (Å²) < 4.78 is 7.19. The molecule has 1 amide bonds. The standard InChI is InChI=1S/C18H22N4O4/c1-11(2)26-14-8-6-13(7-9-14)22-12(3)16(19-20-22)17(23)21-10-4-5-15(21)18(24)25/h6-9,11,15H,4-5,10H2,1-3H3,(H,24,25)/t15-/m0/s1. The molecule has 1 saturated heterocycles. The molecule has 1 N–H and O–H groups in total. The lowest BCUT2D eigenvalue weighted by Gasteiger charge is -2.20. The fourth-order valence-corrected chi connectivity index (χ4v) is 3.11. The van der Waals surface area contributed by atoms with Crippen LogP contribution in [-0.2, 0) is 4.79 Å². The Balaban J connectivity index is 1.83. The number of likely N-dealkylation sites (tertiary alicyclic amines) is 1. The fraction of sp³-hybridized carbons (Fsp3) is 0.444. The van der Waals surface area contributed by atoms with Gasteiger partial charge in [0.15, 0.2) is 5.69 Å². The lowest BCUT2D eigenvalue weighted by atomic mass is 10.2. The molecule has 2 aromatic rings. The zero-order chi connectivity index (χ0) is 18.8. The van der Waals surface area contributed by atoms with Crippen LogP contribution in [0.1, 0.15) is 42.9 Å². The average molecular weight is 358 g/mol. The number of carboxylic acids is 1. The van der Waals surface area contributed by atoms with Crippen LogP contribution >= 0.6 is 0 Å². The number of aliphatic carboxylic acids is 1. The maximum atomic E-state index is 12.7. The van der Waals surface area contributed by atoms with Crippen LogP contribution in [0.15, 0.2) is 24.3 Å². The molecule has 8 heteroatoms. The molecule has 1 aromatic carbocycles. The number of hydrogen-bond acceptors (Lipinski definition) is 5. The molecule has 0 saturated carbocycles. The number of hydrogen-bond donors (Lipinski definition) is 1. The van der Waals surface area contributed by atoms with Gasteiger partial charge in [-0.15, -0.1) is 5.10 Å². The highest BCUT2D eigenvalue weighted by Crippen LogP contribution is 2.22. The maximum Gasteiger partial charge on any atom is 0.326 e. The number of nitrogens with zero attached hydrogens (tertiary/aromatic N) is 4. The van der Waals surface area contributed by atoms with Crippen molar-refractivity contribution in [2.75, 3.05) is 6.54 Å². The topological polar surface area (TPSA) is 97.5 Å². The van der Waals surface area contributed by atoms with Crippen LogP contribution in [-0.4, -0.2) is 55.6 Å². The minimum absolute atomic E-state index is 0.0841. The van der Waals surface area contributed by atoms with Gasteiger partial charge in [-0.25, -0.2) is 9.48 Å². The van der Waals surface area contributed by atoms with E-state index in [-0.39, 0.29) is 11.8 Å². The van der Waals surface area contributed by atoms with Crippen LogP contribution in [0, 0.1) is 6.92 Å². The summed E-state index contributed by atoms with van der Waals surface area (Å²) in [7, 11) is 0. The fourth-order valence-electron chi connectivity index (χ4n) is 3.11. The summed E-state index contributed by atoms with van der Waals surface area (Å²) >= 11 is 0. The highest BCUT2D eigenvalue weighted by Gasteiger charge is 2.36. The second-order valence-electron chi connectivity index (χ2n) is 6.59. The first-order valence-corrected chi connectivity index (χ1v) is 8.61. The molecule has 0 unspecified atom stereocenters. The van der Waals surface area contributed by atoms with E-state index in [0.717, 1.165) is 11.4 Å². The molecule has 2 heterocycles. The van der Waals surface area contributed by atoms with Gasteiger partial charge in [0.2, 0.25) is 0 Å². The predicted molar refractivity (Wildman–Crippen MR) is 93.6 cm³/mol. The molecule has 26 heavy (non-hydrogen) atoms. The van der Waals surface area contributed by atoms with Crippen LogP contribution < -0.4 is 4.74 Å². The van der Waals surface area contributed by atoms with Crippen LogP contribution in [0.4, 0.5) is 0 Å². The van der Waals surface area contributed by atoms with Crippen molar-refractivity contribution in [2.45, 2.75) is 45.8 Å². The van der Waals surface area contributed by atoms with Crippen LogP contribution in [0.5, 0.6) is 5.75 Å². The molecular weight excluding hydrogens is 336 g/mol. The molecule has 0 radical (unpaired) electrons. The number of amides is 1. The van der Waals surface area contributed by atoms with Gasteiger partial charge < -0.3 is 14.7 Å². The van der Waals surface area contributed by atoms with Crippen molar-refractivity contribution < 1.29 is 19.4 Å². The van der Waals surface area contributed by atoms with Crippen molar-refractivity contribution in [1.82, 2.24) is 19.9 Å². The van der Waals surface area contributed by atoms with E-state index in [9.17, 15) is 14.7 Å². The predicted octanol–water partition coefficient (Wildman–Crippen LogP) is 2.05. The van der Waals surface area contributed by atoms with Gasteiger partial charge in [-0.05, 0) is 57.9 Å². The first kappa shape index (κ1) is 17.9. The van der Waals surface area contributed by atoms with E-state index in [0.29, 0.717) is 25.1 Å². The molecule has 1 fully saturated rings. The van der Waals surface area contributed by atoms with Gasteiger partial charge in [0.25, 0.3) is 5.91 Å². The minimum atomic E-state index is -0.985. The molecule has 138 valence electrons. The molecule has 0 bridgehead atoms. The molecule has 1 aliphatic heterocycles. The van der Waals surface area contributed by atoms with Gasteiger partial charge in [-0.3, -0.25) is 4.79 Å². The normalized spacial score (nSPS) is 16.9. The molecule has 0 aliphatic carbocycles. The zero-order valence-corrected chi connectivity index (χ0v) is 15.0. The molecule has 1 aliphatic rings. The summed E-state index contributed by atoms with van der Waals surface area (Å²) in [5, 5.41) is 17.3. The third kappa shape index (κ3) is 3.40. The third-order valence-electron chi connectivity index (χ3n) is 4.35. The number of carbonyl (C=O) groups is 2. The lowest BCUT2D eigenvalue weighted by Crippen LogP contribution is -2.40. The molecule has 8 nitrogen and oxygen atoms in total. The van der Waals surface area contributed by atoms with Crippen molar-refractivity contribution in [1.29, 1.82) is 0 Å². The van der Waals surface area contributed by atoms with Crippen molar-refractivity contribution in [3.8, 4) is 11.4 Å². The van der Waals surface area contributed by atoms with Crippen LogP contribution in [0.3, 0.4) is 0 Å². The molecule has 1 aromatic heterocycles. The first-order chi connectivity index (χ1) is 12.4. The van der Waals surface area contributed by atoms with Gasteiger partial charge in [0.1, 0.15) is 11.8 Å². The van der Waals surface area contributed by atoms with E-state index in [2.05, 4.69) is 10.3 Å². The Hall–Kier alpha value is -2.90. The van der Waals surface area contributed by atoms with Crippen molar-refractivity contribution in [3.63, 3.8) is 0 Å². The van der Waals surface area contributed by atoms with E-state index in [4.69, 9.17) is 4.74 Å². The van der Waals surface area contributed by atoms with E-state index in [1.54, 1.807) is 11.6 Å². The molecule has 3 rings (SSSR count). The first-order valence-electron chi connectivity index (χ1n) is 8.61. The van der Waals surface area contributed by atoms with E-state index in [1.807, 2.05) is 38.1 Å². The Morgan fingerprint density at radius 3 is 2.58 bits per heavy atom. The van der Waals surface area contributed by atoms with Crippen molar-refractivity contribution in [2.24, 2.45) is 0 Å². The summed E-state index contributed by atoms with van der Waals surface area (Å²) in [5.74, 6) is -0.626. The highest BCUT2D eigenvalue weighted by molar-refractivity contribution is 5.96. The number of rotatable bonds is 5. The summed E-state index contributed by atoms with van der Waals surface area (Å²) in [5.41, 5.74) is 1.51. The molecule has 1 atom stereocenters. The second-order valence-corrected chi connectivity index (χ2v) is 6.59. The Morgan fingerprint density at radius 1 is 1.27 bits per heavy atom. The highest BCUT2D eigenvalue weighted by atomic mass is 16.5. The Kier molecular flexibility index (Phi) is 4.92. The van der Waals surface area contributed by atoms with Crippen LogP contribution in [0.25, 0.3) is 5.69 Å². The number of benzene rings is 1. The quantitative estimate of drug-likeness (QED) is 0.878. The van der Waals surface area contributed by atoms with E-state index < -0.39 is 17.9 Å². The van der Waals surface area contributed by atoms with Gasteiger partial charge >= 0.3 is 5.97 Å².